The molecule has 0 fully saturated rings. The van der Waals surface area contributed by atoms with E-state index in [9.17, 15) is 9.90 Å². The lowest BCUT2D eigenvalue weighted by molar-refractivity contribution is -0.116. The summed E-state index contributed by atoms with van der Waals surface area (Å²) in [4.78, 5) is 12.3. The molecule has 4 rings (SSSR count). The average molecular weight is 315 g/mol. The van der Waals surface area contributed by atoms with Gasteiger partial charge in [-0.25, -0.2) is 0 Å². The summed E-state index contributed by atoms with van der Waals surface area (Å²) >= 11 is 3.33. The molecule has 1 aliphatic heterocycles. The highest BCUT2D eigenvalue weighted by atomic mass is 32.1. The summed E-state index contributed by atoms with van der Waals surface area (Å²) < 4.78 is 2.44. The predicted molar refractivity (Wildman–Crippen MR) is 87.2 cm³/mol. The molecule has 3 nitrogen and oxygen atoms in total. The van der Waals surface area contributed by atoms with Gasteiger partial charge in [-0.1, -0.05) is 12.1 Å². The van der Waals surface area contributed by atoms with Gasteiger partial charge < -0.3 is 10.4 Å². The molecule has 106 valence electrons. The summed E-state index contributed by atoms with van der Waals surface area (Å²) in [5.74, 6) is 0.0642. The topological polar surface area (TPSA) is 49.3 Å². The van der Waals surface area contributed by atoms with Crippen LogP contribution in [0.2, 0.25) is 0 Å². The molecule has 0 aliphatic carbocycles. The molecule has 1 aliphatic rings. The molecule has 0 spiro atoms. The molecule has 0 radical (unpaired) electrons. The van der Waals surface area contributed by atoms with Crippen molar-refractivity contribution in [3.63, 3.8) is 0 Å². The minimum Gasteiger partial charge on any atom is -0.383 e. The molecule has 0 saturated heterocycles. The summed E-state index contributed by atoms with van der Waals surface area (Å²) in [6.45, 7) is 0. The van der Waals surface area contributed by atoms with Gasteiger partial charge in [0.15, 0.2) is 0 Å². The van der Waals surface area contributed by atoms with Gasteiger partial charge in [-0.15, -0.1) is 22.7 Å². The first-order chi connectivity index (χ1) is 10.2. The minimum atomic E-state index is -0.600. The summed E-state index contributed by atoms with van der Waals surface area (Å²) in [5, 5.41) is 15.5. The van der Waals surface area contributed by atoms with E-state index in [1.54, 1.807) is 22.7 Å². The lowest BCUT2D eigenvalue weighted by atomic mass is 9.98. The zero-order chi connectivity index (χ0) is 14.4. The maximum Gasteiger partial charge on any atom is 0.224 e. The van der Waals surface area contributed by atoms with Gasteiger partial charge in [0.25, 0.3) is 0 Å². The number of benzene rings is 1. The second-order valence-electron chi connectivity index (χ2n) is 5.17. The van der Waals surface area contributed by atoms with Crippen LogP contribution in [0.4, 0.5) is 5.69 Å². The largest absolute Gasteiger partial charge is 0.383 e. The van der Waals surface area contributed by atoms with E-state index < -0.39 is 6.10 Å². The number of aryl methyl sites for hydroxylation is 1. The number of carbonyl (C=O) groups is 1. The molecule has 2 N–H and O–H groups in total. The van der Waals surface area contributed by atoms with Crippen LogP contribution in [0.15, 0.2) is 35.7 Å². The highest BCUT2D eigenvalue weighted by Crippen LogP contribution is 2.37. The highest BCUT2D eigenvalue weighted by Gasteiger charge is 2.19. The van der Waals surface area contributed by atoms with Gasteiger partial charge in [0, 0.05) is 26.4 Å². The lowest BCUT2D eigenvalue weighted by Gasteiger charge is -2.19. The van der Waals surface area contributed by atoms with Crippen LogP contribution in [0, 0.1) is 0 Å². The fourth-order valence-electron chi connectivity index (χ4n) is 2.66. The van der Waals surface area contributed by atoms with E-state index in [1.807, 2.05) is 18.2 Å². The molecule has 1 unspecified atom stereocenters. The van der Waals surface area contributed by atoms with E-state index in [0.29, 0.717) is 6.42 Å². The van der Waals surface area contributed by atoms with E-state index in [2.05, 4.69) is 22.8 Å². The standard InChI is InChI=1S/C16H13NO2S2/c18-15-4-2-9-7-10(1-3-11(9)17-15)16(19)14-8-13-12(21-14)5-6-20-13/h1,3,5-8,16,19H,2,4H2,(H,17,18). The summed E-state index contributed by atoms with van der Waals surface area (Å²) in [6, 6.07) is 9.94. The molecule has 0 saturated carbocycles. The van der Waals surface area contributed by atoms with Crippen LogP contribution in [0.3, 0.4) is 0 Å². The van der Waals surface area contributed by atoms with E-state index >= 15 is 0 Å². The van der Waals surface area contributed by atoms with Crippen LogP contribution in [-0.4, -0.2) is 11.0 Å². The lowest BCUT2D eigenvalue weighted by Crippen LogP contribution is -2.19. The summed E-state index contributed by atoms with van der Waals surface area (Å²) in [7, 11) is 0. The van der Waals surface area contributed by atoms with Crippen molar-refractivity contribution in [1.29, 1.82) is 0 Å². The van der Waals surface area contributed by atoms with Crippen molar-refractivity contribution in [3.05, 3.63) is 51.7 Å². The van der Waals surface area contributed by atoms with Crippen LogP contribution in [0.5, 0.6) is 0 Å². The zero-order valence-electron chi connectivity index (χ0n) is 11.1. The maximum atomic E-state index is 11.4. The van der Waals surface area contributed by atoms with Gasteiger partial charge in [-0.05, 0) is 41.1 Å². The number of hydrogen-bond acceptors (Lipinski definition) is 4. The highest BCUT2D eigenvalue weighted by molar-refractivity contribution is 7.26. The first kappa shape index (κ1) is 13.0. The Morgan fingerprint density at radius 3 is 2.90 bits per heavy atom. The number of carbonyl (C=O) groups excluding carboxylic acids is 1. The number of nitrogens with one attached hydrogen (secondary N) is 1. The van der Waals surface area contributed by atoms with Crippen molar-refractivity contribution in [2.75, 3.05) is 5.32 Å². The first-order valence-electron chi connectivity index (χ1n) is 6.78. The van der Waals surface area contributed by atoms with Gasteiger partial charge in [-0.2, -0.15) is 0 Å². The number of amides is 1. The van der Waals surface area contributed by atoms with E-state index in [0.717, 1.165) is 28.1 Å². The Hall–Kier alpha value is -1.69. The van der Waals surface area contributed by atoms with E-state index in [-0.39, 0.29) is 5.91 Å². The van der Waals surface area contributed by atoms with Gasteiger partial charge >= 0.3 is 0 Å². The SMILES string of the molecule is O=C1CCc2cc(C(O)c3cc4sccc4s3)ccc2N1. The second kappa shape index (κ2) is 4.94. The molecule has 1 amide bonds. The van der Waals surface area contributed by atoms with Crippen LogP contribution >= 0.6 is 22.7 Å². The molecule has 5 heteroatoms. The van der Waals surface area contributed by atoms with Gasteiger partial charge in [0.05, 0.1) is 0 Å². The minimum absolute atomic E-state index is 0.0642. The van der Waals surface area contributed by atoms with Gasteiger partial charge in [0.1, 0.15) is 6.10 Å². The average Bonchev–Trinajstić information content (AvgIpc) is 3.07. The third-order valence-corrected chi connectivity index (χ3v) is 5.91. The summed E-state index contributed by atoms with van der Waals surface area (Å²) in [6.07, 6.45) is 0.653. The van der Waals surface area contributed by atoms with Crippen molar-refractivity contribution in [2.24, 2.45) is 0 Å². The Kier molecular flexibility index (Phi) is 3.06. The molecule has 0 bridgehead atoms. The first-order valence-corrected chi connectivity index (χ1v) is 8.48. The van der Waals surface area contributed by atoms with Crippen LogP contribution in [0.1, 0.15) is 28.5 Å². The zero-order valence-corrected chi connectivity index (χ0v) is 12.8. The smallest absolute Gasteiger partial charge is 0.224 e. The van der Waals surface area contributed by atoms with Crippen molar-refractivity contribution in [2.45, 2.75) is 18.9 Å². The number of hydrogen-bond donors (Lipinski definition) is 2. The normalized spacial score (nSPS) is 15.8. The quantitative estimate of drug-likeness (QED) is 0.753. The third-order valence-electron chi connectivity index (χ3n) is 3.77. The van der Waals surface area contributed by atoms with Gasteiger partial charge in [-0.3, -0.25) is 4.79 Å². The molecular formula is C16H13NO2S2. The maximum absolute atomic E-state index is 11.4. The Bertz CT molecular complexity index is 805. The van der Waals surface area contributed by atoms with Crippen LogP contribution in [-0.2, 0) is 11.2 Å². The second-order valence-corrected chi connectivity index (χ2v) is 7.23. The van der Waals surface area contributed by atoms with Crippen LogP contribution in [0.25, 0.3) is 9.40 Å². The van der Waals surface area contributed by atoms with Crippen molar-refractivity contribution < 1.29 is 9.90 Å². The molecular weight excluding hydrogens is 302 g/mol. The van der Waals surface area contributed by atoms with Gasteiger partial charge in [0.2, 0.25) is 5.91 Å². The fraction of sp³-hybridized carbons (Fsp3) is 0.188. The number of thiophene rings is 2. The van der Waals surface area contributed by atoms with Crippen LogP contribution < -0.4 is 5.32 Å². The fourth-order valence-corrected chi connectivity index (χ4v) is 4.79. The Labute approximate surface area is 129 Å². The number of aliphatic hydroxyl groups excluding tert-OH is 1. The number of rotatable bonds is 2. The Morgan fingerprint density at radius 2 is 2.05 bits per heavy atom. The molecule has 1 aromatic carbocycles. The van der Waals surface area contributed by atoms with Crippen molar-refractivity contribution in [3.8, 4) is 0 Å². The van der Waals surface area contributed by atoms with E-state index in [4.69, 9.17) is 0 Å². The van der Waals surface area contributed by atoms with E-state index in [1.165, 1.54) is 9.40 Å². The molecule has 3 heterocycles. The van der Waals surface area contributed by atoms with Crippen molar-refractivity contribution >= 4 is 43.7 Å². The molecule has 2 aromatic heterocycles. The third kappa shape index (κ3) is 2.27. The number of anilines is 1. The molecule has 1 atom stereocenters. The number of fused-ring (bicyclic) bond motifs is 2. The monoisotopic (exact) mass is 315 g/mol. The molecule has 3 aromatic rings. The summed E-state index contributed by atoms with van der Waals surface area (Å²) in [5.41, 5.74) is 2.86. The molecule has 21 heavy (non-hydrogen) atoms. The Balaban J connectivity index is 1.69. The number of aliphatic hydroxyl groups is 1. The Morgan fingerprint density at radius 1 is 1.14 bits per heavy atom. The van der Waals surface area contributed by atoms with Crippen molar-refractivity contribution in [1.82, 2.24) is 0 Å². The predicted octanol–water partition coefficient (Wildman–Crippen LogP) is 3.93.